The van der Waals surface area contributed by atoms with Gasteiger partial charge in [-0.15, -0.1) is 0 Å². The van der Waals surface area contributed by atoms with Crippen LogP contribution in [0.2, 0.25) is 0 Å². The van der Waals surface area contributed by atoms with Gasteiger partial charge in [0.25, 0.3) is 11.2 Å². The summed E-state index contributed by atoms with van der Waals surface area (Å²) in [7, 11) is 0. The van der Waals surface area contributed by atoms with E-state index >= 15 is 0 Å². The lowest BCUT2D eigenvalue weighted by Crippen LogP contribution is -2.32. The van der Waals surface area contributed by atoms with Crippen molar-refractivity contribution in [3.05, 3.63) is 103 Å². The lowest BCUT2D eigenvalue weighted by molar-refractivity contribution is -0.384. The molecule has 0 fully saturated rings. The molecule has 0 saturated carbocycles. The summed E-state index contributed by atoms with van der Waals surface area (Å²) < 4.78 is 0. The van der Waals surface area contributed by atoms with E-state index in [9.17, 15) is 19.7 Å². The maximum Gasteiger partial charge on any atom is 0.269 e. The molecule has 0 amide bonds. The minimum absolute atomic E-state index is 0.00906. The molecule has 1 aliphatic carbocycles. The van der Waals surface area contributed by atoms with Crippen LogP contribution in [0.3, 0.4) is 0 Å². The Bertz CT molecular complexity index is 1470. The molecule has 3 aromatic rings. The number of nitro benzene ring substituents is 1. The average molecular weight is 486 g/mol. The van der Waals surface area contributed by atoms with E-state index in [1.807, 2.05) is 0 Å². The van der Waals surface area contributed by atoms with Crippen LogP contribution in [0.1, 0.15) is 47.4 Å². The van der Waals surface area contributed by atoms with Gasteiger partial charge in [0.05, 0.1) is 22.1 Å². The van der Waals surface area contributed by atoms with Crippen molar-refractivity contribution in [2.75, 3.05) is 5.32 Å². The minimum Gasteiger partial charge on any atom is -0.343 e. The molecular weight excluding hydrogens is 466 g/mol. The molecule has 0 radical (unpaired) electrons. The third kappa shape index (κ3) is 4.34. The molecule has 174 valence electrons. The van der Waals surface area contributed by atoms with Crippen LogP contribution in [0.15, 0.2) is 69.8 Å². The number of thioether (sulfide) groups is 1. The number of carbonyl (C=O) groups is 1. The van der Waals surface area contributed by atoms with Crippen LogP contribution >= 0.6 is 11.8 Å². The summed E-state index contributed by atoms with van der Waals surface area (Å²) in [5.74, 6) is 0.329. The summed E-state index contributed by atoms with van der Waals surface area (Å²) in [6.45, 7) is 0. The number of allylic oxidation sites excluding steroid dienone is 2. The number of nitrogens with one attached hydrogen (secondary N) is 2. The first-order valence-electron chi connectivity index (χ1n) is 11.0. The lowest BCUT2D eigenvalue weighted by atomic mass is 9.76. The van der Waals surface area contributed by atoms with Gasteiger partial charge in [0.2, 0.25) is 0 Å². The van der Waals surface area contributed by atoms with Crippen molar-refractivity contribution in [3.63, 3.8) is 0 Å². The Hall–Kier alpha value is -4.23. The van der Waals surface area contributed by atoms with Gasteiger partial charge in [0.1, 0.15) is 5.82 Å². The van der Waals surface area contributed by atoms with Gasteiger partial charge in [-0.3, -0.25) is 19.7 Å². The molecule has 0 bridgehead atoms. The van der Waals surface area contributed by atoms with Crippen LogP contribution in [0.4, 0.5) is 11.5 Å². The predicted octanol–water partition coefficient (Wildman–Crippen LogP) is 4.41. The van der Waals surface area contributed by atoms with Crippen molar-refractivity contribution in [1.82, 2.24) is 9.97 Å². The van der Waals surface area contributed by atoms with Crippen molar-refractivity contribution >= 4 is 29.1 Å². The number of Topliss-reactive ketones (excluding diaryl/α,β-unsaturated/α-hetero) is 1. The topological polar surface area (TPSA) is 142 Å². The van der Waals surface area contributed by atoms with Gasteiger partial charge in [0, 0.05) is 41.5 Å². The Morgan fingerprint density at radius 3 is 2.54 bits per heavy atom. The van der Waals surface area contributed by atoms with Crippen LogP contribution < -0.4 is 10.9 Å². The zero-order valence-electron chi connectivity index (χ0n) is 18.4. The van der Waals surface area contributed by atoms with Crippen LogP contribution in [0, 0.1) is 21.4 Å². The van der Waals surface area contributed by atoms with E-state index in [1.54, 1.807) is 36.4 Å². The third-order valence-corrected chi connectivity index (χ3v) is 7.08. The van der Waals surface area contributed by atoms with Gasteiger partial charge < -0.3 is 10.3 Å². The molecule has 2 N–H and O–H groups in total. The van der Waals surface area contributed by atoms with Crippen molar-refractivity contribution in [2.45, 2.75) is 36.1 Å². The van der Waals surface area contributed by atoms with E-state index in [-0.39, 0.29) is 17.0 Å². The fourth-order valence-corrected chi connectivity index (χ4v) is 5.27. The van der Waals surface area contributed by atoms with E-state index in [2.05, 4.69) is 21.4 Å². The maximum absolute atomic E-state index is 13.3. The number of carbonyl (C=O) groups excluding carboxylic acids is 1. The number of nitro groups is 1. The number of ketones is 1. The molecule has 1 aliphatic heterocycles. The smallest absolute Gasteiger partial charge is 0.269 e. The Kier molecular flexibility index (Phi) is 5.93. The molecule has 0 spiro atoms. The Morgan fingerprint density at radius 2 is 1.86 bits per heavy atom. The van der Waals surface area contributed by atoms with E-state index in [4.69, 9.17) is 5.26 Å². The van der Waals surface area contributed by atoms with Crippen LogP contribution in [-0.4, -0.2) is 20.7 Å². The number of benzene rings is 2. The minimum atomic E-state index is -0.563. The molecule has 0 saturated heterocycles. The summed E-state index contributed by atoms with van der Waals surface area (Å²) in [5, 5.41) is 23.6. The molecule has 1 aromatic heterocycles. The molecule has 9 nitrogen and oxygen atoms in total. The number of hydrogen-bond acceptors (Lipinski definition) is 8. The Morgan fingerprint density at radius 1 is 1.11 bits per heavy atom. The van der Waals surface area contributed by atoms with Crippen molar-refractivity contribution < 1.29 is 9.72 Å². The Balaban J connectivity index is 1.50. The maximum atomic E-state index is 13.3. The number of aromatic nitrogens is 2. The number of nitriles is 1. The first-order valence-corrected chi connectivity index (χ1v) is 12.0. The summed E-state index contributed by atoms with van der Waals surface area (Å²) >= 11 is 1.31. The van der Waals surface area contributed by atoms with Crippen molar-refractivity contribution in [3.8, 4) is 6.07 Å². The normalized spacial score (nSPS) is 16.7. The summed E-state index contributed by atoms with van der Waals surface area (Å²) in [6, 6.07) is 15.2. The monoisotopic (exact) mass is 485 g/mol. The highest BCUT2D eigenvalue weighted by Crippen LogP contribution is 2.43. The highest BCUT2D eigenvalue weighted by atomic mass is 32.2. The van der Waals surface area contributed by atoms with Gasteiger partial charge in [0.15, 0.2) is 10.9 Å². The van der Waals surface area contributed by atoms with Crippen LogP contribution in [0.5, 0.6) is 0 Å². The summed E-state index contributed by atoms with van der Waals surface area (Å²) in [4.78, 5) is 44.1. The van der Waals surface area contributed by atoms with Crippen molar-refractivity contribution in [2.24, 2.45) is 0 Å². The van der Waals surface area contributed by atoms with Gasteiger partial charge in [-0.2, -0.15) is 5.26 Å². The number of fused-ring (bicyclic) bond motifs is 1. The first kappa shape index (κ1) is 22.6. The standard InChI is InChI=1S/C25H19N5O4S/c26-12-14-4-8-16(9-5-14)20-21-18(2-1-3-19(21)31)27-23-22(20)24(32)29-25(28-23)35-13-15-6-10-17(11-7-15)30(33)34/h4-11,20H,1-3,13H2,(H2,27,28,29,32). The summed E-state index contributed by atoms with van der Waals surface area (Å²) in [5.41, 5.74) is 3.54. The van der Waals surface area contributed by atoms with Crippen molar-refractivity contribution in [1.29, 1.82) is 5.26 Å². The molecule has 2 aromatic carbocycles. The number of anilines is 1. The quantitative estimate of drug-likeness (QED) is 0.234. The number of aromatic amines is 1. The predicted molar refractivity (Wildman–Crippen MR) is 130 cm³/mol. The van der Waals surface area contributed by atoms with Crippen LogP contribution in [0.25, 0.3) is 0 Å². The molecule has 35 heavy (non-hydrogen) atoms. The zero-order chi connectivity index (χ0) is 24.5. The third-order valence-electron chi connectivity index (χ3n) is 6.13. The van der Waals surface area contributed by atoms with E-state index in [0.29, 0.717) is 46.3 Å². The van der Waals surface area contributed by atoms with Gasteiger partial charge in [-0.1, -0.05) is 36.0 Å². The van der Waals surface area contributed by atoms with E-state index < -0.39 is 10.8 Å². The lowest BCUT2D eigenvalue weighted by Gasteiger charge is -2.32. The number of non-ortho nitro benzene ring substituents is 1. The molecule has 1 atom stereocenters. The fraction of sp³-hybridized carbons (Fsp3) is 0.200. The highest BCUT2D eigenvalue weighted by Gasteiger charge is 2.37. The zero-order valence-corrected chi connectivity index (χ0v) is 19.2. The molecule has 2 aliphatic rings. The second kappa shape index (κ2) is 9.19. The highest BCUT2D eigenvalue weighted by molar-refractivity contribution is 7.98. The largest absolute Gasteiger partial charge is 0.343 e. The number of rotatable bonds is 5. The van der Waals surface area contributed by atoms with Crippen LogP contribution in [-0.2, 0) is 10.5 Å². The second-order valence-corrected chi connectivity index (χ2v) is 9.27. The summed E-state index contributed by atoms with van der Waals surface area (Å²) in [6.07, 6.45) is 1.84. The molecule has 1 unspecified atom stereocenters. The van der Waals surface area contributed by atoms with E-state index in [1.165, 1.54) is 23.9 Å². The first-order chi connectivity index (χ1) is 16.9. The van der Waals surface area contributed by atoms with Gasteiger partial charge in [-0.05, 0) is 36.1 Å². The average Bonchev–Trinajstić information content (AvgIpc) is 2.87. The Labute approximate surface area is 204 Å². The SMILES string of the molecule is N#Cc1ccc(C2C3=C(CCCC3=O)Nc3nc(SCc4ccc([N+](=O)[O-])cc4)[nH]c(=O)c32)cc1. The fourth-order valence-electron chi connectivity index (χ4n) is 4.46. The second-order valence-electron chi connectivity index (χ2n) is 8.31. The van der Waals surface area contributed by atoms with Gasteiger partial charge in [-0.25, -0.2) is 4.98 Å². The molecule has 5 rings (SSSR count). The molecule has 2 heterocycles. The van der Waals surface area contributed by atoms with Gasteiger partial charge >= 0.3 is 0 Å². The number of hydrogen-bond donors (Lipinski definition) is 2. The molecule has 10 heteroatoms. The number of nitrogens with zero attached hydrogens (tertiary/aromatic N) is 3. The molecular formula is C25H19N5O4S. The van der Waals surface area contributed by atoms with E-state index in [0.717, 1.165) is 23.2 Å². The number of H-pyrrole nitrogens is 1.